The summed E-state index contributed by atoms with van der Waals surface area (Å²) in [7, 11) is 0. The number of hydrogen-bond acceptors (Lipinski definition) is 2. The second-order valence-corrected chi connectivity index (χ2v) is 5.49. The van der Waals surface area contributed by atoms with Gasteiger partial charge in [0.25, 0.3) is 0 Å². The summed E-state index contributed by atoms with van der Waals surface area (Å²) in [6, 6.07) is 5.47. The number of Topliss-reactive ketones (excluding diaryl/α,β-unsaturated/α-hetero) is 1. The Morgan fingerprint density at radius 3 is 2.20 bits per heavy atom. The number of hydrogen-bond donors (Lipinski definition) is 1. The Bertz CT molecular complexity index is 818. The second kappa shape index (κ2) is 7.92. The topological polar surface area (TPSA) is 54.4 Å². The van der Waals surface area contributed by atoms with Gasteiger partial charge in [-0.3, -0.25) is 9.59 Å². The molecule has 0 saturated heterocycles. The number of ketones is 1. The lowest BCUT2D eigenvalue weighted by Crippen LogP contribution is -1.98. The normalized spacial score (nSPS) is 12.4. The van der Waals surface area contributed by atoms with Crippen molar-refractivity contribution in [2.24, 2.45) is 0 Å². The maximum absolute atomic E-state index is 12.6. The Labute approximate surface area is 140 Å². The molecule has 3 rings (SSSR count). The number of carbonyl (C=O) groups excluding carboxylic acids is 1. The number of halogens is 4. The van der Waals surface area contributed by atoms with Crippen LogP contribution in [-0.4, -0.2) is 16.9 Å². The number of fused-ring (bicyclic) bond motifs is 1. The van der Waals surface area contributed by atoms with Crippen LogP contribution in [0.25, 0.3) is 0 Å². The van der Waals surface area contributed by atoms with Crippen molar-refractivity contribution in [3.05, 3.63) is 70.3 Å². The second-order valence-electron chi connectivity index (χ2n) is 5.49. The number of benzene rings is 2. The lowest BCUT2D eigenvalue weighted by Gasteiger charge is -1.98. The molecule has 0 amide bonds. The van der Waals surface area contributed by atoms with E-state index in [2.05, 4.69) is 0 Å². The first-order chi connectivity index (χ1) is 11.8. The zero-order valence-corrected chi connectivity index (χ0v) is 13.0. The van der Waals surface area contributed by atoms with Gasteiger partial charge in [-0.05, 0) is 48.2 Å². The Balaban J connectivity index is 0.000000181. The van der Waals surface area contributed by atoms with E-state index in [1.54, 1.807) is 0 Å². The molecule has 3 nitrogen and oxygen atoms in total. The Morgan fingerprint density at radius 1 is 0.920 bits per heavy atom. The summed E-state index contributed by atoms with van der Waals surface area (Å²) in [4.78, 5) is 21.2. The van der Waals surface area contributed by atoms with Gasteiger partial charge in [0.1, 0.15) is 0 Å². The first-order valence-electron chi connectivity index (χ1n) is 7.44. The zero-order valence-electron chi connectivity index (χ0n) is 13.0. The standard InChI is InChI=1S/C9H8F2O2.C9H6F2O/c10-7-3-1-6(5-8(7)11)2-4-9(12)13;10-7-3-5-1-2-9(12)6(5)4-8(7)11/h1,3,5H,2,4H2,(H,12,13);3-4H,1-2H2. The molecular weight excluding hydrogens is 340 g/mol. The van der Waals surface area contributed by atoms with E-state index in [-0.39, 0.29) is 18.6 Å². The molecule has 0 heterocycles. The van der Waals surface area contributed by atoms with Crippen LogP contribution < -0.4 is 0 Å². The lowest BCUT2D eigenvalue weighted by molar-refractivity contribution is -0.136. The molecule has 0 fully saturated rings. The van der Waals surface area contributed by atoms with E-state index in [9.17, 15) is 27.2 Å². The molecule has 2 aromatic carbocycles. The van der Waals surface area contributed by atoms with Crippen LogP contribution in [0, 0.1) is 23.3 Å². The third-order valence-electron chi connectivity index (χ3n) is 3.68. The first kappa shape index (κ1) is 18.6. The molecule has 0 spiro atoms. The summed E-state index contributed by atoms with van der Waals surface area (Å²) in [5.41, 5.74) is 1.45. The number of carboxylic acid groups (broad SMARTS) is 1. The maximum Gasteiger partial charge on any atom is 0.303 e. The molecule has 0 bridgehead atoms. The van der Waals surface area contributed by atoms with Crippen LogP contribution in [0.1, 0.15) is 34.3 Å². The van der Waals surface area contributed by atoms with E-state index in [0.717, 1.165) is 24.3 Å². The van der Waals surface area contributed by atoms with Crippen LogP contribution in [-0.2, 0) is 17.6 Å². The van der Waals surface area contributed by atoms with Crippen LogP contribution in [0.15, 0.2) is 30.3 Å². The molecule has 0 aromatic heterocycles. The Hall–Kier alpha value is -2.70. The third kappa shape index (κ3) is 4.89. The molecule has 0 atom stereocenters. The highest BCUT2D eigenvalue weighted by molar-refractivity contribution is 6.00. The van der Waals surface area contributed by atoms with E-state index in [1.807, 2.05) is 0 Å². The molecule has 1 N–H and O–H groups in total. The highest BCUT2D eigenvalue weighted by atomic mass is 19.2. The van der Waals surface area contributed by atoms with Crippen molar-refractivity contribution in [3.8, 4) is 0 Å². The largest absolute Gasteiger partial charge is 0.481 e. The van der Waals surface area contributed by atoms with Gasteiger partial charge in [-0.1, -0.05) is 6.07 Å². The van der Waals surface area contributed by atoms with E-state index >= 15 is 0 Å². The van der Waals surface area contributed by atoms with E-state index in [0.29, 0.717) is 29.5 Å². The van der Waals surface area contributed by atoms with Crippen molar-refractivity contribution >= 4 is 11.8 Å². The summed E-state index contributed by atoms with van der Waals surface area (Å²) >= 11 is 0. The van der Waals surface area contributed by atoms with Crippen molar-refractivity contribution in [2.45, 2.75) is 25.7 Å². The zero-order chi connectivity index (χ0) is 18.6. The minimum atomic E-state index is -0.954. The van der Waals surface area contributed by atoms with Gasteiger partial charge in [0.2, 0.25) is 0 Å². The summed E-state index contributed by atoms with van der Waals surface area (Å²) in [5.74, 6) is -4.72. The summed E-state index contributed by atoms with van der Waals surface area (Å²) < 4.78 is 50.2. The highest BCUT2D eigenvalue weighted by Crippen LogP contribution is 2.24. The molecule has 132 valence electrons. The molecule has 2 aromatic rings. The highest BCUT2D eigenvalue weighted by Gasteiger charge is 2.21. The van der Waals surface area contributed by atoms with Gasteiger partial charge in [0.05, 0.1) is 0 Å². The van der Waals surface area contributed by atoms with E-state index in [4.69, 9.17) is 5.11 Å². The Kier molecular flexibility index (Phi) is 5.90. The predicted molar refractivity (Wildman–Crippen MR) is 81.3 cm³/mol. The first-order valence-corrected chi connectivity index (χ1v) is 7.44. The third-order valence-corrected chi connectivity index (χ3v) is 3.68. The van der Waals surface area contributed by atoms with Crippen LogP contribution in [0.2, 0.25) is 0 Å². The summed E-state index contributed by atoms with van der Waals surface area (Å²) in [6.07, 6.45) is 1.04. The van der Waals surface area contributed by atoms with Crippen molar-refractivity contribution in [1.82, 2.24) is 0 Å². The fourth-order valence-electron chi connectivity index (χ4n) is 2.38. The van der Waals surface area contributed by atoms with Gasteiger partial charge >= 0.3 is 5.97 Å². The molecule has 0 aliphatic heterocycles. The minimum absolute atomic E-state index is 0.0783. The fraction of sp³-hybridized carbons (Fsp3) is 0.222. The molecule has 0 saturated carbocycles. The van der Waals surface area contributed by atoms with Gasteiger partial charge in [-0.25, -0.2) is 17.6 Å². The van der Waals surface area contributed by atoms with Gasteiger partial charge in [-0.2, -0.15) is 0 Å². The summed E-state index contributed by atoms with van der Waals surface area (Å²) in [6.45, 7) is 0. The van der Waals surface area contributed by atoms with E-state index < -0.39 is 29.2 Å². The maximum atomic E-state index is 12.6. The number of carboxylic acids is 1. The number of aliphatic carboxylic acids is 1. The van der Waals surface area contributed by atoms with Gasteiger partial charge < -0.3 is 5.11 Å². The fourth-order valence-corrected chi connectivity index (χ4v) is 2.38. The summed E-state index contributed by atoms with van der Waals surface area (Å²) in [5, 5.41) is 8.33. The minimum Gasteiger partial charge on any atom is -0.481 e. The van der Waals surface area contributed by atoms with Crippen molar-refractivity contribution < 1.29 is 32.3 Å². The lowest BCUT2D eigenvalue weighted by atomic mass is 10.1. The van der Waals surface area contributed by atoms with Crippen LogP contribution >= 0.6 is 0 Å². The molecular formula is C18H14F4O3. The molecule has 7 heteroatoms. The van der Waals surface area contributed by atoms with E-state index in [1.165, 1.54) is 6.07 Å². The number of aryl methyl sites for hydroxylation is 2. The van der Waals surface area contributed by atoms with Gasteiger partial charge in [-0.15, -0.1) is 0 Å². The SMILES string of the molecule is O=C(O)CCc1ccc(F)c(F)c1.O=C1CCc2cc(F)c(F)cc21. The van der Waals surface area contributed by atoms with Crippen molar-refractivity contribution in [1.29, 1.82) is 0 Å². The van der Waals surface area contributed by atoms with Crippen molar-refractivity contribution in [2.75, 3.05) is 0 Å². The predicted octanol–water partition coefficient (Wildman–Crippen LogP) is 4.08. The number of carbonyl (C=O) groups is 2. The average molecular weight is 354 g/mol. The van der Waals surface area contributed by atoms with Crippen molar-refractivity contribution in [3.63, 3.8) is 0 Å². The average Bonchev–Trinajstić information content (AvgIpc) is 2.90. The molecule has 0 radical (unpaired) electrons. The Morgan fingerprint density at radius 2 is 1.56 bits per heavy atom. The van der Waals surface area contributed by atoms with Crippen LogP contribution in [0.3, 0.4) is 0 Å². The number of rotatable bonds is 3. The smallest absolute Gasteiger partial charge is 0.303 e. The molecule has 0 unspecified atom stereocenters. The van der Waals surface area contributed by atoms with Gasteiger partial charge in [0, 0.05) is 18.4 Å². The van der Waals surface area contributed by atoms with Crippen LogP contribution in [0.4, 0.5) is 17.6 Å². The van der Waals surface area contributed by atoms with Crippen LogP contribution in [0.5, 0.6) is 0 Å². The molecule has 25 heavy (non-hydrogen) atoms. The molecule has 1 aliphatic carbocycles. The molecule has 1 aliphatic rings. The quantitative estimate of drug-likeness (QED) is 0.845. The van der Waals surface area contributed by atoms with Gasteiger partial charge in [0.15, 0.2) is 29.1 Å². The monoisotopic (exact) mass is 354 g/mol.